The van der Waals surface area contributed by atoms with Crippen LogP contribution in [0, 0.1) is 0 Å². The van der Waals surface area contributed by atoms with Gasteiger partial charge in [-0.2, -0.15) is 4.98 Å². The van der Waals surface area contributed by atoms with Gasteiger partial charge in [0.2, 0.25) is 11.8 Å². The van der Waals surface area contributed by atoms with Crippen molar-refractivity contribution in [1.29, 1.82) is 0 Å². The summed E-state index contributed by atoms with van der Waals surface area (Å²) in [6.45, 7) is 7.79. The topological polar surface area (TPSA) is 87.9 Å². The Bertz CT molecular complexity index is 976. The van der Waals surface area contributed by atoms with Gasteiger partial charge in [0.25, 0.3) is 0 Å². The van der Waals surface area contributed by atoms with Gasteiger partial charge in [-0.05, 0) is 42.9 Å². The van der Waals surface area contributed by atoms with Crippen LogP contribution in [0.2, 0.25) is 0 Å². The summed E-state index contributed by atoms with van der Waals surface area (Å²) in [5.74, 6) is 2.04. The maximum absolute atomic E-state index is 12.6. The van der Waals surface area contributed by atoms with Gasteiger partial charge in [-0.3, -0.25) is 4.79 Å². The lowest BCUT2D eigenvalue weighted by atomic mass is 9.89. The molecule has 1 aliphatic rings. The number of aromatic nitrogens is 4. The molecule has 1 aliphatic heterocycles. The quantitative estimate of drug-likeness (QED) is 0.706. The Kier molecular flexibility index (Phi) is 5.39. The predicted octanol–water partition coefficient (Wildman–Crippen LogP) is 3.97. The maximum Gasteiger partial charge on any atom is 0.226 e. The first kappa shape index (κ1) is 19.6. The molecule has 3 aromatic rings. The minimum absolute atomic E-state index is 0.122. The van der Waals surface area contributed by atoms with Crippen LogP contribution in [0.5, 0.6) is 0 Å². The standard InChI is InChI=1S/C22H29N5O2/c1-22(2,3)21-25-18(29-26-21)7-4-8-19(28)27-12-9-15(10-13-27)17-14-24-20-16(17)6-5-11-23-20/h5-6,11,14-15H,4,7-10,12-13H2,1-3H3,(H,23,24). The molecule has 1 amide bonds. The molecule has 1 fully saturated rings. The van der Waals surface area contributed by atoms with Crippen LogP contribution >= 0.6 is 0 Å². The van der Waals surface area contributed by atoms with E-state index in [1.54, 1.807) is 0 Å². The summed E-state index contributed by atoms with van der Waals surface area (Å²) < 4.78 is 5.31. The number of likely N-dealkylation sites (tertiary alicyclic amines) is 1. The summed E-state index contributed by atoms with van der Waals surface area (Å²) in [7, 11) is 0. The smallest absolute Gasteiger partial charge is 0.226 e. The molecule has 0 atom stereocenters. The minimum Gasteiger partial charge on any atom is -0.346 e. The van der Waals surface area contributed by atoms with Crippen LogP contribution in [0.3, 0.4) is 0 Å². The van der Waals surface area contributed by atoms with Crippen molar-refractivity contribution in [3.8, 4) is 0 Å². The van der Waals surface area contributed by atoms with E-state index < -0.39 is 0 Å². The molecule has 29 heavy (non-hydrogen) atoms. The number of hydrogen-bond acceptors (Lipinski definition) is 5. The molecule has 0 bridgehead atoms. The van der Waals surface area contributed by atoms with Gasteiger partial charge in [-0.25, -0.2) is 4.98 Å². The first-order valence-corrected chi connectivity index (χ1v) is 10.4. The van der Waals surface area contributed by atoms with E-state index >= 15 is 0 Å². The molecule has 0 radical (unpaired) electrons. The molecule has 7 nitrogen and oxygen atoms in total. The summed E-state index contributed by atoms with van der Waals surface area (Å²) in [6.07, 6.45) is 7.78. The van der Waals surface area contributed by atoms with Crippen molar-refractivity contribution in [3.05, 3.63) is 41.8 Å². The number of aromatic amines is 1. The number of amides is 1. The monoisotopic (exact) mass is 395 g/mol. The Balaban J connectivity index is 1.25. The van der Waals surface area contributed by atoms with Crippen molar-refractivity contribution in [3.63, 3.8) is 0 Å². The van der Waals surface area contributed by atoms with Gasteiger partial charge in [0, 0.05) is 49.1 Å². The number of fused-ring (bicyclic) bond motifs is 1. The average molecular weight is 396 g/mol. The fourth-order valence-corrected chi connectivity index (χ4v) is 3.96. The number of H-pyrrole nitrogens is 1. The van der Waals surface area contributed by atoms with Gasteiger partial charge < -0.3 is 14.4 Å². The Morgan fingerprint density at radius 3 is 2.83 bits per heavy atom. The Labute approximate surface area is 170 Å². The van der Waals surface area contributed by atoms with Crippen LogP contribution in [0.25, 0.3) is 11.0 Å². The summed E-state index contributed by atoms with van der Waals surface area (Å²) in [5.41, 5.74) is 2.14. The fourth-order valence-electron chi connectivity index (χ4n) is 3.96. The molecule has 1 N–H and O–H groups in total. The van der Waals surface area contributed by atoms with Crippen LogP contribution < -0.4 is 0 Å². The van der Waals surface area contributed by atoms with Crippen molar-refractivity contribution in [2.75, 3.05) is 13.1 Å². The average Bonchev–Trinajstić information content (AvgIpc) is 3.35. The molecule has 4 rings (SSSR count). The van der Waals surface area contributed by atoms with Gasteiger partial charge in [0.1, 0.15) is 5.65 Å². The number of nitrogens with one attached hydrogen (secondary N) is 1. The Morgan fingerprint density at radius 2 is 2.10 bits per heavy atom. The summed E-state index contributed by atoms with van der Waals surface area (Å²) in [4.78, 5) is 26.7. The Hall–Kier alpha value is -2.70. The number of carbonyl (C=O) groups excluding carboxylic acids is 1. The first-order valence-electron chi connectivity index (χ1n) is 10.4. The fraction of sp³-hybridized carbons (Fsp3) is 0.545. The highest BCUT2D eigenvalue weighted by atomic mass is 16.5. The SMILES string of the molecule is CC(C)(C)c1noc(CCCC(=O)N2CCC(c3c[nH]c4ncccc34)CC2)n1. The van der Waals surface area contributed by atoms with Crippen molar-refractivity contribution in [1.82, 2.24) is 25.0 Å². The molecule has 0 aliphatic carbocycles. The van der Waals surface area contributed by atoms with E-state index in [0.29, 0.717) is 30.5 Å². The van der Waals surface area contributed by atoms with Crippen molar-refractivity contribution in [2.45, 2.75) is 64.2 Å². The van der Waals surface area contributed by atoms with Crippen molar-refractivity contribution < 1.29 is 9.32 Å². The summed E-state index contributed by atoms with van der Waals surface area (Å²) in [6, 6.07) is 4.10. The molecule has 4 heterocycles. The van der Waals surface area contributed by atoms with Gasteiger partial charge in [0.05, 0.1) is 0 Å². The molecule has 3 aromatic heterocycles. The third-order valence-corrected chi connectivity index (χ3v) is 5.69. The van der Waals surface area contributed by atoms with Gasteiger partial charge >= 0.3 is 0 Å². The molecule has 0 aromatic carbocycles. The van der Waals surface area contributed by atoms with Crippen LogP contribution in [0.15, 0.2) is 29.0 Å². The molecule has 1 saturated heterocycles. The van der Waals surface area contributed by atoms with Gasteiger partial charge in [0.15, 0.2) is 5.82 Å². The van der Waals surface area contributed by atoms with E-state index in [2.05, 4.69) is 53.1 Å². The first-order chi connectivity index (χ1) is 13.9. The molecule has 0 saturated carbocycles. The second kappa shape index (κ2) is 7.97. The number of piperidine rings is 1. The lowest BCUT2D eigenvalue weighted by Crippen LogP contribution is -2.37. The highest BCUT2D eigenvalue weighted by Gasteiger charge is 2.26. The van der Waals surface area contributed by atoms with Crippen LogP contribution in [0.1, 0.15) is 69.7 Å². The van der Waals surface area contributed by atoms with E-state index in [4.69, 9.17) is 4.52 Å². The zero-order valence-electron chi connectivity index (χ0n) is 17.4. The number of rotatable bonds is 5. The number of aryl methyl sites for hydroxylation is 1. The number of pyridine rings is 1. The molecule has 0 unspecified atom stereocenters. The van der Waals surface area contributed by atoms with E-state index in [-0.39, 0.29) is 11.3 Å². The van der Waals surface area contributed by atoms with Crippen molar-refractivity contribution in [2.24, 2.45) is 0 Å². The highest BCUT2D eigenvalue weighted by molar-refractivity contribution is 5.80. The van der Waals surface area contributed by atoms with Crippen molar-refractivity contribution >= 4 is 16.9 Å². The van der Waals surface area contributed by atoms with Gasteiger partial charge in [-0.1, -0.05) is 25.9 Å². The third-order valence-electron chi connectivity index (χ3n) is 5.69. The van der Waals surface area contributed by atoms with E-state index in [1.165, 1.54) is 10.9 Å². The lowest BCUT2D eigenvalue weighted by molar-refractivity contribution is -0.132. The summed E-state index contributed by atoms with van der Waals surface area (Å²) in [5, 5.41) is 5.24. The van der Waals surface area contributed by atoms with E-state index in [9.17, 15) is 4.79 Å². The maximum atomic E-state index is 12.6. The predicted molar refractivity (Wildman–Crippen MR) is 111 cm³/mol. The Morgan fingerprint density at radius 1 is 1.31 bits per heavy atom. The molecule has 0 spiro atoms. The van der Waals surface area contributed by atoms with E-state index in [1.807, 2.05) is 17.2 Å². The normalized spacial score (nSPS) is 15.9. The second-order valence-corrected chi connectivity index (χ2v) is 8.91. The number of nitrogens with zero attached hydrogens (tertiary/aromatic N) is 4. The number of hydrogen-bond donors (Lipinski definition) is 1. The second-order valence-electron chi connectivity index (χ2n) is 8.91. The molecular weight excluding hydrogens is 366 g/mol. The zero-order chi connectivity index (χ0) is 20.4. The number of carbonyl (C=O) groups is 1. The van der Waals surface area contributed by atoms with E-state index in [0.717, 1.165) is 38.0 Å². The molecule has 7 heteroatoms. The van der Waals surface area contributed by atoms with Crippen LogP contribution in [-0.4, -0.2) is 44.0 Å². The largest absolute Gasteiger partial charge is 0.346 e. The highest BCUT2D eigenvalue weighted by Crippen LogP contribution is 2.32. The third kappa shape index (κ3) is 4.33. The lowest BCUT2D eigenvalue weighted by Gasteiger charge is -2.32. The van der Waals surface area contributed by atoms with Crippen LogP contribution in [-0.2, 0) is 16.6 Å². The minimum atomic E-state index is -0.122. The molecular formula is C22H29N5O2. The van der Waals surface area contributed by atoms with Crippen LogP contribution in [0.4, 0.5) is 0 Å². The zero-order valence-corrected chi connectivity index (χ0v) is 17.4. The summed E-state index contributed by atoms with van der Waals surface area (Å²) >= 11 is 0. The van der Waals surface area contributed by atoms with Gasteiger partial charge in [-0.15, -0.1) is 0 Å². The molecule has 154 valence electrons.